The second kappa shape index (κ2) is 4.01. The molecule has 2 heteroatoms. The van der Waals surface area contributed by atoms with Crippen molar-refractivity contribution in [2.45, 2.75) is 57.4 Å². The number of hydrogen-bond donors (Lipinski definition) is 1. The maximum Gasteiger partial charge on any atom is 0.152 e. The van der Waals surface area contributed by atoms with E-state index in [9.17, 15) is 4.79 Å². The van der Waals surface area contributed by atoms with Gasteiger partial charge in [-0.3, -0.25) is 4.79 Å². The van der Waals surface area contributed by atoms with Gasteiger partial charge in [-0.1, -0.05) is 25.7 Å². The van der Waals surface area contributed by atoms with E-state index < -0.39 is 0 Å². The SMILES string of the molecule is CC1(C(=O)CC2CCCC2)CCCN1. The number of hydrogen-bond acceptors (Lipinski definition) is 2. The van der Waals surface area contributed by atoms with E-state index in [1.165, 1.54) is 25.7 Å². The first kappa shape index (κ1) is 10.2. The van der Waals surface area contributed by atoms with Gasteiger partial charge in [-0.15, -0.1) is 0 Å². The van der Waals surface area contributed by atoms with Gasteiger partial charge in [-0.25, -0.2) is 0 Å². The highest BCUT2D eigenvalue weighted by Gasteiger charge is 2.36. The van der Waals surface area contributed by atoms with Crippen LogP contribution in [0.4, 0.5) is 0 Å². The summed E-state index contributed by atoms with van der Waals surface area (Å²) in [6.45, 7) is 3.10. The molecule has 1 aliphatic heterocycles. The lowest BCUT2D eigenvalue weighted by Gasteiger charge is -2.24. The molecule has 0 aromatic rings. The number of rotatable bonds is 3. The van der Waals surface area contributed by atoms with Crippen molar-refractivity contribution >= 4 is 5.78 Å². The Morgan fingerprint density at radius 1 is 1.36 bits per heavy atom. The highest BCUT2D eigenvalue weighted by Crippen LogP contribution is 2.31. The molecule has 0 amide bonds. The minimum atomic E-state index is -0.178. The van der Waals surface area contributed by atoms with Gasteiger partial charge in [-0.2, -0.15) is 0 Å². The smallest absolute Gasteiger partial charge is 0.152 e. The maximum atomic E-state index is 12.1. The normalized spacial score (nSPS) is 33.8. The summed E-state index contributed by atoms with van der Waals surface area (Å²) >= 11 is 0. The van der Waals surface area contributed by atoms with Gasteiger partial charge in [0.2, 0.25) is 0 Å². The Morgan fingerprint density at radius 3 is 2.64 bits per heavy atom. The van der Waals surface area contributed by atoms with E-state index in [-0.39, 0.29) is 5.54 Å². The molecule has 0 aromatic carbocycles. The minimum absolute atomic E-state index is 0.178. The van der Waals surface area contributed by atoms with Crippen molar-refractivity contribution in [2.24, 2.45) is 5.92 Å². The van der Waals surface area contributed by atoms with Crippen LogP contribution in [0.25, 0.3) is 0 Å². The van der Waals surface area contributed by atoms with Crippen LogP contribution in [0.3, 0.4) is 0 Å². The lowest BCUT2D eigenvalue weighted by Crippen LogP contribution is -2.45. The zero-order chi connectivity index (χ0) is 10.0. The van der Waals surface area contributed by atoms with Crippen molar-refractivity contribution in [1.29, 1.82) is 0 Å². The van der Waals surface area contributed by atoms with E-state index in [2.05, 4.69) is 12.2 Å². The van der Waals surface area contributed by atoms with Crippen LogP contribution in [0.5, 0.6) is 0 Å². The lowest BCUT2D eigenvalue weighted by atomic mass is 9.87. The zero-order valence-electron chi connectivity index (χ0n) is 9.14. The Balaban J connectivity index is 1.87. The van der Waals surface area contributed by atoms with Gasteiger partial charge in [0.15, 0.2) is 5.78 Å². The summed E-state index contributed by atoms with van der Waals surface area (Å²) in [6.07, 6.45) is 8.25. The first-order valence-corrected chi connectivity index (χ1v) is 5.99. The molecule has 0 bridgehead atoms. The Bertz CT molecular complexity index is 212. The van der Waals surface area contributed by atoms with Crippen molar-refractivity contribution in [3.8, 4) is 0 Å². The largest absolute Gasteiger partial charge is 0.305 e. The number of Topliss-reactive ketones (excluding diaryl/α,β-unsaturated/α-hetero) is 1. The third kappa shape index (κ3) is 2.00. The summed E-state index contributed by atoms with van der Waals surface area (Å²) < 4.78 is 0. The van der Waals surface area contributed by atoms with Crippen LogP contribution >= 0.6 is 0 Å². The fourth-order valence-electron chi connectivity index (χ4n) is 2.83. The highest BCUT2D eigenvalue weighted by molar-refractivity contribution is 5.88. The monoisotopic (exact) mass is 195 g/mol. The topological polar surface area (TPSA) is 29.1 Å². The molecular weight excluding hydrogens is 174 g/mol. The maximum absolute atomic E-state index is 12.1. The van der Waals surface area contributed by atoms with Crippen molar-refractivity contribution in [1.82, 2.24) is 5.32 Å². The number of ketones is 1. The summed E-state index contributed by atoms with van der Waals surface area (Å²) in [5.74, 6) is 1.16. The summed E-state index contributed by atoms with van der Waals surface area (Å²) in [5, 5.41) is 3.36. The average Bonchev–Trinajstić information content (AvgIpc) is 2.76. The van der Waals surface area contributed by atoms with Crippen LogP contribution in [-0.2, 0) is 4.79 Å². The minimum Gasteiger partial charge on any atom is -0.305 e. The standard InChI is InChI=1S/C12H21NO/c1-12(7-4-8-13-12)11(14)9-10-5-2-3-6-10/h10,13H,2-9H2,1H3. The van der Waals surface area contributed by atoms with Gasteiger partial charge in [-0.05, 0) is 32.2 Å². The van der Waals surface area contributed by atoms with Gasteiger partial charge >= 0.3 is 0 Å². The Kier molecular flexibility index (Phi) is 2.91. The van der Waals surface area contributed by atoms with E-state index in [0.717, 1.165) is 25.8 Å². The van der Waals surface area contributed by atoms with Crippen molar-refractivity contribution < 1.29 is 4.79 Å². The third-order valence-corrected chi connectivity index (χ3v) is 3.93. The van der Waals surface area contributed by atoms with E-state index in [1.54, 1.807) is 0 Å². The Morgan fingerprint density at radius 2 is 2.07 bits per heavy atom. The molecule has 1 unspecified atom stereocenters. The van der Waals surface area contributed by atoms with E-state index >= 15 is 0 Å². The number of nitrogens with one attached hydrogen (secondary N) is 1. The van der Waals surface area contributed by atoms with E-state index in [1.807, 2.05) is 0 Å². The molecular formula is C12H21NO. The average molecular weight is 195 g/mol. The van der Waals surface area contributed by atoms with Crippen LogP contribution in [0.1, 0.15) is 51.9 Å². The molecule has 2 nitrogen and oxygen atoms in total. The predicted molar refractivity (Wildman–Crippen MR) is 57.2 cm³/mol. The summed E-state index contributed by atoms with van der Waals surface area (Å²) in [4.78, 5) is 12.1. The van der Waals surface area contributed by atoms with Gasteiger partial charge in [0.25, 0.3) is 0 Å². The number of carbonyl (C=O) groups is 1. The second-order valence-electron chi connectivity index (χ2n) is 5.14. The van der Waals surface area contributed by atoms with E-state index in [0.29, 0.717) is 11.7 Å². The second-order valence-corrected chi connectivity index (χ2v) is 5.14. The molecule has 2 aliphatic rings. The first-order chi connectivity index (χ1) is 6.71. The molecule has 0 radical (unpaired) electrons. The van der Waals surface area contributed by atoms with Crippen LogP contribution in [0.2, 0.25) is 0 Å². The molecule has 1 N–H and O–H groups in total. The van der Waals surface area contributed by atoms with Gasteiger partial charge < -0.3 is 5.32 Å². The lowest BCUT2D eigenvalue weighted by molar-refractivity contribution is -0.125. The molecule has 80 valence electrons. The molecule has 14 heavy (non-hydrogen) atoms. The van der Waals surface area contributed by atoms with Crippen LogP contribution in [-0.4, -0.2) is 17.9 Å². The third-order valence-electron chi connectivity index (χ3n) is 3.93. The molecule has 1 saturated carbocycles. The molecule has 2 fully saturated rings. The Hall–Kier alpha value is -0.370. The molecule has 1 aliphatic carbocycles. The summed E-state index contributed by atoms with van der Waals surface area (Å²) in [5.41, 5.74) is -0.178. The van der Waals surface area contributed by atoms with Crippen LogP contribution in [0, 0.1) is 5.92 Å². The van der Waals surface area contributed by atoms with Crippen LogP contribution < -0.4 is 5.32 Å². The fourth-order valence-corrected chi connectivity index (χ4v) is 2.83. The molecule has 1 saturated heterocycles. The quantitative estimate of drug-likeness (QED) is 0.748. The Labute approximate surface area is 86.5 Å². The summed E-state index contributed by atoms with van der Waals surface area (Å²) in [7, 11) is 0. The molecule has 0 spiro atoms. The van der Waals surface area contributed by atoms with Crippen molar-refractivity contribution in [3.05, 3.63) is 0 Å². The van der Waals surface area contributed by atoms with Gasteiger partial charge in [0.1, 0.15) is 0 Å². The molecule has 2 rings (SSSR count). The molecule has 1 atom stereocenters. The summed E-state index contributed by atoms with van der Waals surface area (Å²) in [6, 6.07) is 0. The van der Waals surface area contributed by atoms with E-state index in [4.69, 9.17) is 0 Å². The van der Waals surface area contributed by atoms with Gasteiger partial charge in [0.05, 0.1) is 5.54 Å². The first-order valence-electron chi connectivity index (χ1n) is 5.99. The highest BCUT2D eigenvalue weighted by atomic mass is 16.1. The molecule has 0 aromatic heterocycles. The van der Waals surface area contributed by atoms with Crippen molar-refractivity contribution in [3.63, 3.8) is 0 Å². The van der Waals surface area contributed by atoms with Gasteiger partial charge in [0, 0.05) is 6.42 Å². The van der Waals surface area contributed by atoms with Crippen molar-refractivity contribution in [2.75, 3.05) is 6.54 Å². The predicted octanol–water partition coefficient (Wildman–Crippen LogP) is 2.28. The fraction of sp³-hybridized carbons (Fsp3) is 0.917. The molecule has 1 heterocycles. The van der Waals surface area contributed by atoms with Crippen LogP contribution in [0.15, 0.2) is 0 Å². The number of carbonyl (C=O) groups excluding carboxylic acids is 1. The zero-order valence-corrected chi connectivity index (χ0v) is 9.14.